The van der Waals surface area contributed by atoms with Crippen LogP contribution in [0.3, 0.4) is 0 Å². The standard InChI is InChI=1S/C8H6O4.C6H8N2/c9-7(10)5-1-2-6(4-3-5)8(11)12;7-5-3-1-2-4-6(5)8/h1-4H,(H,9,10)(H,11,12);1-4H,7-8H2. The SMILES string of the molecule is Nc1ccccc1N.O=C(O)c1ccc(C(=O)O)cc1. The third-order valence-corrected chi connectivity index (χ3v) is 2.37. The molecule has 20 heavy (non-hydrogen) atoms. The number of hydrogen-bond donors (Lipinski definition) is 4. The molecule has 0 aliphatic heterocycles. The lowest BCUT2D eigenvalue weighted by molar-refractivity contribution is 0.0681. The zero-order valence-electron chi connectivity index (χ0n) is 10.5. The van der Waals surface area contributed by atoms with Crippen LogP contribution in [-0.2, 0) is 0 Å². The molecule has 6 heteroatoms. The van der Waals surface area contributed by atoms with E-state index in [0.717, 1.165) is 0 Å². The molecule has 0 unspecified atom stereocenters. The molecule has 0 amide bonds. The quantitative estimate of drug-likeness (QED) is 0.620. The van der Waals surface area contributed by atoms with E-state index in [2.05, 4.69) is 0 Å². The fourth-order valence-corrected chi connectivity index (χ4v) is 1.27. The normalized spacial score (nSPS) is 9.20. The Morgan fingerprint density at radius 3 is 1.20 bits per heavy atom. The highest BCUT2D eigenvalue weighted by molar-refractivity contribution is 5.91. The van der Waals surface area contributed by atoms with Gasteiger partial charge in [-0.05, 0) is 36.4 Å². The number of aromatic carboxylic acids is 2. The van der Waals surface area contributed by atoms with E-state index in [1.165, 1.54) is 24.3 Å². The van der Waals surface area contributed by atoms with Gasteiger partial charge in [-0.2, -0.15) is 0 Å². The smallest absolute Gasteiger partial charge is 0.335 e. The Labute approximate surface area is 115 Å². The summed E-state index contributed by atoms with van der Waals surface area (Å²) in [6, 6.07) is 12.3. The van der Waals surface area contributed by atoms with E-state index in [4.69, 9.17) is 21.7 Å². The van der Waals surface area contributed by atoms with Gasteiger partial charge in [0.1, 0.15) is 0 Å². The van der Waals surface area contributed by atoms with E-state index < -0.39 is 11.9 Å². The Bertz CT molecular complexity index is 555. The van der Waals surface area contributed by atoms with Crippen molar-refractivity contribution in [3.8, 4) is 0 Å². The van der Waals surface area contributed by atoms with Gasteiger partial charge in [-0.15, -0.1) is 0 Å². The molecule has 0 aromatic heterocycles. The van der Waals surface area contributed by atoms with Crippen molar-refractivity contribution in [3.05, 3.63) is 59.7 Å². The number of rotatable bonds is 2. The Hall–Kier alpha value is -3.02. The molecule has 2 aromatic rings. The summed E-state index contributed by atoms with van der Waals surface area (Å²) in [7, 11) is 0. The van der Waals surface area contributed by atoms with Crippen molar-refractivity contribution in [2.24, 2.45) is 0 Å². The summed E-state index contributed by atoms with van der Waals surface area (Å²) in [6.07, 6.45) is 0. The predicted octanol–water partition coefficient (Wildman–Crippen LogP) is 1.93. The lowest BCUT2D eigenvalue weighted by Gasteiger charge is -1.94. The third-order valence-electron chi connectivity index (χ3n) is 2.37. The minimum absolute atomic E-state index is 0.0833. The molecule has 6 nitrogen and oxygen atoms in total. The fourth-order valence-electron chi connectivity index (χ4n) is 1.27. The topological polar surface area (TPSA) is 127 Å². The minimum atomic E-state index is -1.06. The molecule has 2 rings (SSSR count). The van der Waals surface area contributed by atoms with Crippen molar-refractivity contribution in [1.29, 1.82) is 0 Å². The number of anilines is 2. The summed E-state index contributed by atoms with van der Waals surface area (Å²) in [5.74, 6) is -2.13. The Kier molecular flexibility index (Phi) is 5.11. The van der Waals surface area contributed by atoms with Gasteiger partial charge in [0.25, 0.3) is 0 Å². The largest absolute Gasteiger partial charge is 0.478 e. The molecule has 0 heterocycles. The Morgan fingerprint density at radius 1 is 0.700 bits per heavy atom. The molecule has 0 spiro atoms. The van der Waals surface area contributed by atoms with Crippen LogP contribution in [-0.4, -0.2) is 22.2 Å². The zero-order chi connectivity index (χ0) is 15.1. The first-order valence-electron chi connectivity index (χ1n) is 5.58. The second-order valence-corrected chi connectivity index (χ2v) is 3.82. The van der Waals surface area contributed by atoms with Crippen LogP contribution >= 0.6 is 0 Å². The first kappa shape index (κ1) is 15.0. The van der Waals surface area contributed by atoms with Crippen LogP contribution in [0.5, 0.6) is 0 Å². The summed E-state index contributed by atoms with van der Waals surface area (Å²) >= 11 is 0. The number of nitrogen functional groups attached to an aromatic ring is 2. The molecule has 0 bridgehead atoms. The van der Waals surface area contributed by atoms with Gasteiger partial charge in [0.05, 0.1) is 22.5 Å². The minimum Gasteiger partial charge on any atom is -0.478 e. The first-order valence-corrected chi connectivity index (χ1v) is 5.58. The molecule has 0 radical (unpaired) electrons. The monoisotopic (exact) mass is 274 g/mol. The van der Waals surface area contributed by atoms with Crippen LogP contribution in [0.25, 0.3) is 0 Å². The average Bonchev–Trinajstić information content (AvgIpc) is 2.43. The summed E-state index contributed by atoms with van der Waals surface area (Å²) < 4.78 is 0. The van der Waals surface area contributed by atoms with Gasteiger partial charge >= 0.3 is 11.9 Å². The predicted molar refractivity (Wildman–Crippen MR) is 75.6 cm³/mol. The Morgan fingerprint density at radius 2 is 1.00 bits per heavy atom. The lowest BCUT2D eigenvalue weighted by Crippen LogP contribution is -1.99. The molecule has 0 fully saturated rings. The number of carbonyl (C=O) groups is 2. The van der Waals surface area contributed by atoms with E-state index in [-0.39, 0.29) is 11.1 Å². The number of carboxylic acids is 2. The second-order valence-electron chi connectivity index (χ2n) is 3.82. The highest BCUT2D eigenvalue weighted by Gasteiger charge is 2.04. The number of carboxylic acid groups (broad SMARTS) is 2. The summed E-state index contributed by atoms with van der Waals surface area (Å²) in [4.78, 5) is 20.7. The maximum atomic E-state index is 10.3. The van der Waals surface area contributed by atoms with Gasteiger partial charge < -0.3 is 21.7 Å². The highest BCUT2D eigenvalue weighted by atomic mass is 16.4. The molecular weight excluding hydrogens is 260 g/mol. The van der Waals surface area contributed by atoms with Crippen LogP contribution in [0.2, 0.25) is 0 Å². The maximum Gasteiger partial charge on any atom is 0.335 e. The highest BCUT2D eigenvalue weighted by Crippen LogP contribution is 2.10. The van der Waals surface area contributed by atoms with Crippen molar-refractivity contribution in [2.75, 3.05) is 11.5 Å². The third kappa shape index (κ3) is 4.34. The van der Waals surface area contributed by atoms with E-state index in [1.54, 1.807) is 12.1 Å². The second kappa shape index (κ2) is 6.79. The summed E-state index contributed by atoms with van der Waals surface area (Å²) in [5.41, 5.74) is 12.2. The van der Waals surface area contributed by atoms with E-state index in [0.29, 0.717) is 11.4 Å². The zero-order valence-corrected chi connectivity index (χ0v) is 10.5. The van der Waals surface area contributed by atoms with Crippen LogP contribution in [0.1, 0.15) is 20.7 Å². The molecule has 0 saturated carbocycles. The molecule has 104 valence electrons. The van der Waals surface area contributed by atoms with Crippen molar-refractivity contribution < 1.29 is 19.8 Å². The summed E-state index contributed by atoms with van der Waals surface area (Å²) in [5, 5.41) is 16.9. The van der Waals surface area contributed by atoms with Crippen molar-refractivity contribution >= 4 is 23.3 Å². The van der Waals surface area contributed by atoms with Gasteiger partial charge in [0, 0.05) is 0 Å². The van der Waals surface area contributed by atoms with Gasteiger partial charge in [-0.1, -0.05) is 12.1 Å². The fraction of sp³-hybridized carbons (Fsp3) is 0. The number of hydrogen-bond acceptors (Lipinski definition) is 4. The number of benzene rings is 2. The van der Waals surface area contributed by atoms with Gasteiger partial charge in [0.2, 0.25) is 0 Å². The number of para-hydroxylation sites is 2. The molecular formula is C14H14N2O4. The van der Waals surface area contributed by atoms with E-state index in [1.807, 2.05) is 12.1 Å². The lowest BCUT2D eigenvalue weighted by atomic mass is 10.1. The van der Waals surface area contributed by atoms with E-state index in [9.17, 15) is 9.59 Å². The van der Waals surface area contributed by atoms with Crippen molar-refractivity contribution in [3.63, 3.8) is 0 Å². The average molecular weight is 274 g/mol. The van der Waals surface area contributed by atoms with Crippen LogP contribution in [0.4, 0.5) is 11.4 Å². The number of nitrogens with two attached hydrogens (primary N) is 2. The molecule has 6 N–H and O–H groups in total. The van der Waals surface area contributed by atoms with Gasteiger partial charge in [-0.3, -0.25) is 0 Å². The Balaban J connectivity index is 0.000000217. The molecule has 0 atom stereocenters. The van der Waals surface area contributed by atoms with Crippen LogP contribution in [0, 0.1) is 0 Å². The van der Waals surface area contributed by atoms with Crippen LogP contribution in [0.15, 0.2) is 48.5 Å². The molecule has 0 aliphatic carbocycles. The first-order chi connectivity index (χ1) is 9.41. The van der Waals surface area contributed by atoms with Crippen molar-refractivity contribution in [2.45, 2.75) is 0 Å². The van der Waals surface area contributed by atoms with Gasteiger partial charge in [-0.25, -0.2) is 9.59 Å². The molecule has 2 aromatic carbocycles. The van der Waals surface area contributed by atoms with Crippen molar-refractivity contribution in [1.82, 2.24) is 0 Å². The van der Waals surface area contributed by atoms with Gasteiger partial charge in [0.15, 0.2) is 0 Å². The maximum absolute atomic E-state index is 10.3. The van der Waals surface area contributed by atoms with E-state index >= 15 is 0 Å². The summed E-state index contributed by atoms with van der Waals surface area (Å²) in [6.45, 7) is 0. The molecule has 0 saturated heterocycles. The van der Waals surface area contributed by atoms with Crippen LogP contribution < -0.4 is 11.5 Å². The molecule has 0 aliphatic rings.